The summed E-state index contributed by atoms with van der Waals surface area (Å²) in [6.07, 6.45) is 0. The van der Waals surface area contributed by atoms with Crippen molar-refractivity contribution in [1.29, 1.82) is 0 Å². The van der Waals surface area contributed by atoms with Gasteiger partial charge in [0.25, 0.3) is 0 Å². The Morgan fingerprint density at radius 1 is 1.25 bits per heavy atom. The Labute approximate surface area is 73.5 Å². The topological polar surface area (TPSA) is 46.2 Å². The maximum atomic E-state index is 10.2. The Kier molecular flexibility index (Phi) is 3.25. The summed E-state index contributed by atoms with van der Waals surface area (Å²) in [5.41, 5.74) is 2.14. The van der Waals surface area contributed by atoms with E-state index in [2.05, 4.69) is 4.72 Å². The zero-order chi connectivity index (χ0) is 8.97. The van der Waals surface area contributed by atoms with Crippen LogP contribution in [0.15, 0.2) is 24.3 Å². The average Bonchev–Trinajstić information content (AvgIpc) is 2.03. The van der Waals surface area contributed by atoms with E-state index in [0.29, 0.717) is 6.54 Å². The first-order valence-electron chi connectivity index (χ1n) is 3.62. The Balaban J connectivity index is 2.59. The van der Waals surface area contributed by atoms with E-state index in [1.807, 2.05) is 31.2 Å². The van der Waals surface area contributed by atoms with Crippen molar-refractivity contribution in [2.45, 2.75) is 13.5 Å². The Morgan fingerprint density at radius 2 is 1.83 bits per heavy atom. The van der Waals surface area contributed by atoms with E-state index in [1.54, 1.807) is 0 Å². The molecule has 0 amide bonds. The standard InChI is InChI=1S/C8H11NO2S/c1-7-2-4-8(5-3-7)6-9-12(10)11/h2-5,12H,6H2,1H3,(H,9,10,11). The minimum absolute atomic E-state index is 0.374. The van der Waals surface area contributed by atoms with Crippen LogP contribution in [0.25, 0.3) is 0 Å². The number of benzene rings is 1. The van der Waals surface area contributed by atoms with Crippen LogP contribution < -0.4 is 4.72 Å². The van der Waals surface area contributed by atoms with Gasteiger partial charge in [-0.2, -0.15) is 0 Å². The molecule has 0 heterocycles. The van der Waals surface area contributed by atoms with Crippen LogP contribution in [0.1, 0.15) is 11.1 Å². The van der Waals surface area contributed by atoms with Gasteiger partial charge in [0.2, 0.25) is 10.9 Å². The van der Waals surface area contributed by atoms with Crippen molar-refractivity contribution in [2.75, 3.05) is 0 Å². The van der Waals surface area contributed by atoms with Crippen LogP contribution in [0.4, 0.5) is 0 Å². The highest BCUT2D eigenvalue weighted by molar-refractivity contribution is 7.70. The maximum Gasteiger partial charge on any atom is 0.201 e. The number of hydrogen-bond acceptors (Lipinski definition) is 2. The molecule has 0 radical (unpaired) electrons. The van der Waals surface area contributed by atoms with E-state index >= 15 is 0 Å². The smallest absolute Gasteiger partial charge is 0.201 e. The zero-order valence-corrected chi connectivity index (χ0v) is 7.67. The normalized spacial score (nSPS) is 10.5. The summed E-state index contributed by atoms with van der Waals surface area (Å²) in [6.45, 7) is 2.37. The molecule has 66 valence electrons. The molecule has 0 spiro atoms. The Morgan fingerprint density at radius 3 is 2.33 bits per heavy atom. The van der Waals surface area contributed by atoms with Crippen molar-refractivity contribution in [3.05, 3.63) is 35.4 Å². The number of nitrogens with one attached hydrogen (secondary N) is 1. The molecule has 0 aliphatic rings. The van der Waals surface area contributed by atoms with Gasteiger partial charge in [0.15, 0.2) is 0 Å². The first kappa shape index (κ1) is 9.22. The first-order valence-corrected chi connectivity index (χ1v) is 4.79. The quantitative estimate of drug-likeness (QED) is 0.678. The number of thiol groups is 1. The predicted molar refractivity (Wildman–Crippen MR) is 48.3 cm³/mol. The van der Waals surface area contributed by atoms with Crippen LogP contribution in [0, 0.1) is 6.92 Å². The average molecular weight is 185 g/mol. The van der Waals surface area contributed by atoms with Gasteiger partial charge in [-0.1, -0.05) is 29.8 Å². The minimum atomic E-state index is -2.48. The van der Waals surface area contributed by atoms with Crippen LogP contribution in [-0.4, -0.2) is 8.42 Å². The van der Waals surface area contributed by atoms with E-state index in [-0.39, 0.29) is 0 Å². The SMILES string of the molecule is Cc1ccc(CN[SH](=O)=O)cc1. The number of aryl methyl sites for hydroxylation is 1. The monoisotopic (exact) mass is 185 g/mol. The first-order chi connectivity index (χ1) is 5.68. The molecule has 0 aliphatic heterocycles. The van der Waals surface area contributed by atoms with Crippen LogP contribution in [0.3, 0.4) is 0 Å². The van der Waals surface area contributed by atoms with Crippen LogP contribution in [0.5, 0.6) is 0 Å². The third-order valence-electron chi connectivity index (χ3n) is 1.53. The molecule has 0 fully saturated rings. The van der Waals surface area contributed by atoms with E-state index in [1.165, 1.54) is 5.56 Å². The highest BCUT2D eigenvalue weighted by atomic mass is 32.2. The summed E-state index contributed by atoms with van der Waals surface area (Å²) < 4.78 is 22.7. The Bertz CT molecular complexity index is 308. The van der Waals surface area contributed by atoms with Gasteiger partial charge < -0.3 is 0 Å². The lowest BCUT2D eigenvalue weighted by Crippen LogP contribution is -2.09. The van der Waals surface area contributed by atoms with E-state index in [9.17, 15) is 8.42 Å². The van der Waals surface area contributed by atoms with Gasteiger partial charge in [-0.3, -0.25) is 0 Å². The van der Waals surface area contributed by atoms with Gasteiger partial charge in [0, 0.05) is 6.54 Å². The fourth-order valence-corrected chi connectivity index (χ4v) is 1.17. The van der Waals surface area contributed by atoms with Gasteiger partial charge in [-0.15, -0.1) is 0 Å². The van der Waals surface area contributed by atoms with Crippen molar-refractivity contribution in [1.82, 2.24) is 4.72 Å². The summed E-state index contributed by atoms with van der Waals surface area (Å²) in [5.74, 6) is 0. The lowest BCUT2D eigenvalue weighted by atomic mass is 10.2. The fourth-order valence-electron chi connectivity index (χ4n) is 0.862. The van der Waals surface area contributed by atoms with Gasteiger partial charge in [-0.05, 0) is 12.5 Å². The molecule has 12 heavy (non-hydrogen) atoms. The summed E-state index contributed by atoms with van der Waals surface area (Å²) in [6, 6.07) is 7.71. The van der Waals surface area contributed by atoms with Crippen molar-refractivity contribution in [2.24, 2.45) is 0 Å². The van der Waals surface area contributed by atoms with Crippen molar-refractivity contribution in [3.63, 3.8) is 0 Å². The molecule has 0 aliphatic carbocycles. The largest absolute Gasteiger partial charge is 0.216 e. The molecular formula is C8H11NO2S. The second-order valence-corrected chi connectivity index (χ2v) is 3.41. The van der Waals surface area contributed by atoms with Crippen LogP contribution >= 0.6 is 0 Å². The van der Waals surface area contributed by atoms with Gasteiger partial charge >= 0.3 is 0 Å². The molecule has 0 atom stereocenters. The van der Waals surface area contributed by atoms with Gasteiger partial charge in [-0.25, -0.2) is 13.1 Å². The molecule has 0 saturated carbocycles. The summed E-state index contributed by atoms with van der Waals surface area (Å²) in [5, 5.41) is 0. The Hall–Kier alpha value is -0.870. The molecule has 0 unspecified atom stereocenters. The molecule has 4 heteroatoms. The molecule has 1 aromatic carbocycles. The third kappa shape index (κ3) is 3.02. The number of hydrogen-bond donors (Lipinski definition) is 2. The van der Waals surface area contributed by atoms with Crippen molar-refractivity contribution >= 4 is 10.9 Å². The van der Waals surface area contributed by atoms with E-state index < -0.39 is 10.9 Å². The highest BCUT2D eigenvalue weighted by Crippen LogP contribution is 2.01. The van der Waals surface area contributed by atoms with E-state index in [0.717, 1.165) is 5.56 Å². The second kappa shape index (κ2) is 4.23. The maximum absolute atomic E-state index is 10.2. The molecule has 0 bridgehead atoms. The minimum Gasteiger partial charge on any atom is -0.216 e. The number of rotatable bonds is 3. The summed E-state index contributed by atoms with van der Waals surface area (Å²) >= 11 is 0. The molecule has 1 rings (SSSR count). The zero-order valence-electron chi connectivity index (χ0n) is 6.78. The van der Waals surface area contributed by atoms with Gasteiger partial charge in [0.05, 0.1) is 0 Å². The third-order valence-corrected chi connectivity index (χ3v) is 1.95. The molecule has 1 N–H and O–H groups in total. The van der Waals surface area contributed by atoms with Gasteiger partial charge in [0.1, 0.15) is 0 Å². The summed E-state index contributed by atoms with van der Waals surface area (Å²) in [7, 11) is -2.48. The molecule has 0 aromatic heterocycles. The summed E-state index contributed by atoms with van der Waals surface area (Å²) in [4.78, 5) is 0. The van der Waals surface area contributed by atoms with Crippen molar-refractivity contribution < 1.29 is 8.42 Å². The van der Waals surface area contributed by atoms with Crippen molar-refractivity contribution in [3.8, 4) is 0 Å². The molecule has 0 saturated heterocycles. The van der Waals surface area contributed by atoms with E-state index in [4.69, 9.17) is 0 Å². The lowest BCUT2D eigenvalue weighted by Gasteiger charge is -1.98. The molecule has 3 nitrogen and oxygen atoms in total. The highest BCUT2D eigenvalue weighted by Gasteiger charge is 1.91. The second-order valence-electron chi connectivity index (χ2n) is 2.58. The predicted octanol–water partition coefficient (Wildman–Crippen LogP) is 0.611. The van der Waals surface area contributed by atoms with Crippen LogP contribution in [-0.2, 0) is 17.4 Å². The fraction of sp³-hybridized carbons (Fsp3) is 0.250. The van der Waals surface area contributed by atoms with Crippen LogP contribution in [0.2, 0.25) is 0 Å². The molecule has 1 aromatic rings. The molecular weight excluding hydrogens is 174 g/mol. The lowest BCUT2D eigenvalue weighted by molar-refractivity contribution is 0.601.